The second-order valence-electron chi connectivity index (χ2n) is 7.19. The lowest BCUT2D eigenvalue weighted by atomic mass is 10.2. The lowest BCUT2D eigenvalue weighted by Gasteiger charge is -2.37. The van der Waals surface area contributed by atoms with Crippen molar-refractivity contribution < 1.29 is 14.3 Å². The van der Waals surface area contributed by atoms with Crippen LogP contribution >= 0.6 is 0 Å². The maximum Gasteiger partial charge on any atom is 0.236 e. The summed E-state index contributed by atoms with van der Waals surface area (Å²) in [6.45, 7) is 5.28. The van der Waals surface area contributed by atoms with E-state index in [4.69, 9.17) is 0 Å². The van der Waals surface area contributed by atoms with Crippen molar-refractivity contribution in [2.75, 3.05) is 57.3 Å². The molecule has 1 unspecified atom stereocenters. The van der Waals surface area contributed by atoms with Crippen LogP contribution in [0.4, 0.5) is 10.1 Å². The van der Waals surface area contributed by atoms with Crippen molar-refractivity contribution in [3.63, 3.8) is 0 Å². The molecule has 1 amide bonds. The fourth-order valence-corrected chi connectivity index (χ4v) is 4.33. The molecule has 3 aliphatic rings. The number of carbonyl (C=O) groups excluding carboxylic acids is 1. The van der Waals surface area contributed by atoms with E-state index in [0.717, 1.165) is 13.1 Å². The van der Waals surface area contributed by atoms with Crippen molar-refractivity contribution in [2.24, 2.45) is 17.8 Å². The predicted molar refractivity (Wildman–Crippen MR) is 89.2 cm³/mol. The van der Waals surface area contributed by atoms with Crippen LogP contribution in [-0.4, -0.2) is 73.2 Å². The van der Waals surface area contributed by atoms with E-state index in [2.05, 4.69) is 4.90 Å². The maximum absolute atomic E-state index is 13.9. The Balaban J connectivity index is 1.26. The SMILES string of the molecule is O=C(CN1C[C@@H]2C(CO)[C@@H]2C1)N1CCN(c2ccccc2F)CC1. The van der Waals surface area contributed by atoms with Gasteiger partial charge < -0.3 is 14.9 Å². The summed E-state index contributed by atoms with van der Waals surface area (Å²) in [7, 11) is 0. The zero-order valence-corrected chi connectivity index (χ0v) is 13.8. The van der Waals surface area contributed by atoms with Gasteiger partial charge in [-0.1, -0.05) is 12.1 Å². The number of benzene rings is 1. The number of para-hydroxylation sites is 1. The van der Waals surface area contributed by atoms with Gasteiger partial charge in [-0.05, 0) is 29.9 Å². The Kier molecular flexibility index (Phi) is 4.18. The van der Waals surface area contributed by atoms with E-state index in [1.165, 1.54) is 6.07 Å². The Hall–Kier alpha value is -1.66. The first-order valence-electron chi connectivity index (χ1n) is 8.78. The molecule has 130 valence electrons. The maximum atomic E-state index is 13.9. The van der Waals surface area contributed by atoms with E-state index in [-0.39, 0.29) is 18.3 Å². The van der Waals surface area contributed by atoms with Crippen LogP contribution in [0.2, 0.25) is 0 Å². The van der Waals surface area contributed by atoms with Gasteiger partial charge >= 0.3 is 0 Å². The molecule has 0 spiro atoms. The normalized spacial score (nSPS) is 29.7. The second kappa shape index (κ2) is 6.33. The molecule has 4 rings (SSSR count). The number of halogens is 1. The van der Waals surface area contributed by atoms with Crippen molar-refractivity contribution in [3.8, 4) is 0 Å². The number of nitrogens with zero attached hydrogens (tertiary/aromatic N) is 3. The van der Waals surface area contributed by atoms with E-state index in [0.29, 0.717) is 56.2 Å². The predicted octanol–water partition coefficient (Wildman–Crippen LogP) is 0.644. The monoisotopic (exact) mass is 333 g/mol. The number of aliphatic hydroxyl groups is 1. The van der Waals surface area contributed by atoms with Crippen LogP contribution < -0.4 is 4.90 Å². The summed E-state index contributed by atoms with van der Waals surface area (Å²) in [5.74, 6) is 1.64. The number of amides is 1. The van der Waals surface area contributed by atoms with Crippen molar-refractivity contribution in [2.45, 2.75) is 0 Å². The highest BCUT2D eigenvalue weighted by atomic mass is 19.1. The molecule has 1 saturated carbocycles. The zero-order chi connectivity index (χ0) is 16.7. The molecule has 1 aliphatic carbocycles. The molecule has 0 bridgehead atoms. The summed E-state index contributed by atoms with van der Waals surface area (Å²) in [5, 5.41) is 9.20. The van der Waals surface area contributed by atoms with E-state index in [1.807, 2.05) is 15.9 Å². The number of rotatable bonds is 4. The van der Waals surface area contributed by atoms with Crippen molar-refractivity contribution >= 4 is 11.6 Å². The molecule has 3 fully saturated rings. The Labute approximate surface area is 141 Å². The second-order valence-corrected chi connectivity index (χ2v) is 7.19. The minimum Gasteiger partial charge on any atom is -0.396 e. The molecule has 5 nitrogen and oxygen atoms in total. The third-order valence-corrected chi connectivity index (χ3v) is 5.84. The molecule has 1 N–H and O–H groups in total. The first-order chi connectivity index (χ1) is 11.7. The van der Waals surface area contributed by atoms with Crippen LogP contribution in [0.5, 0.6) is 0 Å². The number of piperazine rings is 1. The highest BCUT2D eigenvalue weighted by Gasteiger charge is 2.55. The largest absolute Gasteiger partial charge is 0.396 e. The van der Waals surface area contributed by atoms with Crippen LogP contribution in [0, 0.1) is 23.6 Å². The van der Waals surface area contributed by atoms with Gasteiger partial charge in [0.15, 0.2) is 0 Å². The smallest absolute Gasteiger partial charge is 0.236 e. The standard InChI is InChI=1S/C18H24FN3O2/c19-16-3-1-2-4-17(16)21-5-7-22(8-6-21)18(24)11-20-9-13-14(10-20)15(13)12-23/h1-4,13-15,23H,5-12H2/t13-,14+,15?. The Morgan fingerprint density at radius 3 is 2.42 bits per heavy atom. The number of hydrogen-bond acceptors (Lipinski definition) is 4. The molecule has 0 radical (unpaired) electrons. The van der Waals surface area contributed by atoms with Crippen molar-refractivity contribution in [3.05, 3.63) is 30.1 Å². The summed E-state index contributed by atoms with van der Waals surface area (Å²) < 4.78 is 13.9. The fraction of sp³-hybridized carbons (Fsp3) is 0.611. The van der Waals surface area contributed by atoms with Gasteiger partial charge in [0.25, 0.3) is 0 Å². The molecular weight excluding hydrogens is 309 g/mol. The van der Waals surface area contributed by atoms with Crippen molar-refractivity contribution in [1.82, 2.24) is 9.80 Å². The number of hydrogen-bond donors (Lipinski definition) is 1. The van der Waals surface area contributed by atoms with Gasteiger partial charge in [-0.15, -0.1) is 0 Å². The first kappa shape index (κ1) is 15.8. The van der Waals surface area contributed by atoms with Crippen LogP contribution in [0.25, 0.3) is 0 Å². The molecule has 6 heteroatoms. The first-order valence-corrected chi connectivity index (χ1v) is 8.78. The summed E-state index contributed by atoms with van der Waals surface area (Å²) in [4.78, 5) is 18.6. The summed E-state index contributed by atoms with van der Waals surface area (Å²) in [6, 6.07) is 6.81. The number of aliphatic hydroxyl groups excluding tert-OH is 1. The average Bonchev–Trinajstić information content (AvgIpc) is 3.08. The van der Waals surface area contributed by atoms with E-state index >= 15 is 0 Å². The molecular formula is C18H24FN3O2. The Bertz CT molecular complexity index is 606. The van der Waals surface area contributed by atoms with E-state index in [9.17, 15) is 14.3 Å². The lowest BCUT2D eigenvalue weighted by molar-refractivity contribution is -0.132. The van der Waals surface area contributed by atoms with Crippen LogP contribution in [0.15, 0.2) is 24.3 Å². The highest BCUT2D eigenvalue weighted by Crippen LogP contribution is 2.51. The van der Waals surface area contributed by atoms with Crippen LogP contribution in [0.1, 0.15) is 0 Å². The number of fused-ring (bicyclic) bond motifs is 1. The number of anilines is 1. The third kappa shape index (κ3) is 2.89. The quantitative estimate of drug-likeness (QED) is 0.879. The molecule has 1 aromatic carbocycles. The summed E-state index contributed by atoms with van der Waals surface area (Å²) >= 11 is 0. The van der Waals surface area contributed by atoms with Gasteiger partial charge in [-0.25, -0.2) is 4.39 Å². The molecule has 2 heterocycles. The minimum absolute atomic E-state index is 0.171. The Morgan fingerprint density at radius 2 is 1.79 bits per heavy atom. The fourth-order valence-electron chi connectivity index (χ4n) is 4.33. The molecule has 3 atom stereocenters. The average molecular weight is 333 g/mol. The molecule has 1 aromatic rings. The van der Waals surface area contributed by atoms with E-state index < -0.39 is 0 Å². The van der Waals surface area contributed by atoms with Crippen LogP contribution in [-0.2, 0) is 4.79 Å². The third-order valence-electron chi connectivity index (χ3n) is 5.84. The number of likely N-dealkylation sites (tertiary alicyclic amines) is 1. The van der Waals surface area contributed by atoms with E-state index in [1.54, 1.807) is 12.1 Å². The zero-order valence-electron chi connectivity index (χ0n) is 13.8. The number of carbonyl (C=O) groups is 1. The van der Waals surface area contributed by atoms with Gasteiger partial charge in [0.1, 0.15) is 5.82 Å². The van der Waals surface area contributed by atoms with Gasteiger partial charge in [-0.3, -0.25) is 9.69 Å². The van der Waals surface area contributed by atoms with Crippen LogP contribution in [0.3, 0.4) is 0 Å². The minimum atomic E-state index is -0.202. The van der Waals surface area contributed by atoms with Gasteiger partial charge in [0, 0.05) is 45.9 Å². The highest BCUT2D eigenvalue weighted by molar-refractivity contribution is 5.78. The lowest BCUT2D eigenvalue weighted by Crippen LogP contribution is -2.51. The molecule has 2 aliphatic heterocycles. The van der Waals surface area contributed by atoms with Gasteiger partial charge in [-0.2, -0.15) is 0 Å². The van der Waals surface area contributed by atoms with Crippen molar-refractivity contribution in [1.29, 1.82) is 0 Å². The number of piperidine rings is 1. The summed E-state index contributed by atoms with van der Waals surface area (Å²) in [6.07, 6.45) is 0. The molecule has 2 saturated heterocycles. The molecule has 0 aromatic heterocycles. The van der Waals surface area contributed by atoms with Gasteiger partial charge in [0.2, 0.25) is 5.91 Å². The summed E-state index contributed by atoms with van der Waals surface area (Å²) in [5.41, 5.74) is 0.624. The Morgan fingerprint density at radius 1 is 1.12 bits per heavy atom. The molecule has 24 heavy (non-hydrogen) atoms. The topological polar surface area (TPSA) is 47.0 Å². The van der Waals surface area contributed by atoms with Gasteiger partial charge in [0.05, 0.1) is 12.2 Å².